The molecule has 0 aliphatic carbocycles. The SMILES string of the molecule is NC(=O)/C=C\c1ccc(-c2ccc(C(=O)O)s2)o1. The molecule has 5 nitrogen and oxygen atoms in total. The number of furan rings is 1. The Morgan fingerprint density at radius 2 is 2.06 bits per heavy atom. The minimum absolute atomic E-state index is 0.246. The van der Waals surface area contributed by atoms with Gasteiger partial charge in [0.25, 0.3) is 0 Å². The third kappa shape index (κ3) is 2.67. The van der Waals surface area contributed by atoms with Crippen molar-refractivity contribution in [1.29, 1.82) is 0 Å². The van der Waals surface area contributed by atoms with Crippen LogP contribution in [0.5, 0.6) is 0 Å². The molecule has 2 aromatic rings. The predicted molar refractivity (Wildman–Crippen MR) is 67.2 cm³/mol. The summed E-state index contributed by atoms with van der Waals surface area (Å²) in [6.45, 7) is 0. The van der Waals surface area contributed by atoms with Gasteiger partial charge in [-0.05, 0) is 30.3 Å². The molecule has 3 N–H and O–H groups in total. The summed E-state index contributed by atoms with van der Waals surface area (Å²) in [4.78, 5) is 22.3. The number of rotatable bonds is 4. The zero-order valence-electron chi connectivity index (χ0n) is 9.12. The Balaban J connectivity index is 2.23. The van der Waals surface area contributed by atoms with Gasteiger partial charge in [0, 0.05) is 6.08 Å². The molecule has 0 aliphatic heterocycles. The lowest BCUT2D eigenvalue weighted by molar-refractivity contribution is -0.113. The zero-order chi connectivity index (χ0) is 13.1. The number of amides is 1. The molecule has 0 radical (unpaired) electrons. The van der Waals surface area contributed by atoms with Gasteiger partial charge in [0.15, 0.2) is 0 Å². The molecule has 0 aliphatic rings. The Hall–Kier alpha value is -2.34. The fourth-order valence-electron chi connectivity index (χ4n) is 1.32. The molecule has 0 spiro atoms. The Bertz CT molecular complexity index is 624. The maximum Gasteiger partial charge on any atom is 0.345 e. The molecule has 0 saturated heterocycles. The first-order valence-electron chi connectivity index (χ1n) is 4.97. The average molecular weight is 263 g/mol. The summed E-state index contributed by atoms with van der Waals surface area (Å²) >= 11 is 1.12. The van der Waals surface area contributed by atoms with Crippen LogP contribution in [0, 0.1) is 0 Å². The van der Waals surface area contributed by atoms with E-state index in [1.165, 1.54) is 18.2 Å². The van der Waals surface area contributed by atoms with Gasteiger partial charge >= 0.3 is 5.97 Å². The molecular formula is C12H9NO4S. The number of thiophene rings is 1. The van der Waals surface area contributed by atoms with Crippen molar-refractivity contribution < 1.29 is 19.1 Å². The van der Waals surface area contributed by atoms with Crippen LogP contribution in [-0.2, 0) is 4.79 Å². The van der Waals surface area contributed by atoms with E-state index >= 15 is 0 Å². The Labute approximate surface area is 106 Å². The smallest absolute Gasteiger partial charge is 0.345 e. The van der Waals surface area contributed by atoms with Crippen LogP contribution in [-0.4, -0.2) is 17.0 Å². The van der Waals surface area contributed by atoms with Crippen molar-refractivity contribution in [2.45, 2.75) is 0 Å². The molecule has 2 heterocycles. The fourth-order valence-corrected chi connectivity index (χ4v) is 2.13. The van der Waals surface area contributed by atoms with Gasteiger partial charge in [-0.1, -0.05) is 0 Å². The highest BCUT2D eigenvalue weighted by atomic mass is 32.1. The number of carbonyl (C=O) groups is 2. The highest BCUT2D eigenvalue weighted by Gasteiger charge is 2.10. The summed E-state index contributed by atoms with van der Waals surface area (Å²) < 4.78 is 5.44. The number of hydrogen-bond donors (Lipinski definition) is 2. The first-order valence-corrected chi connectivity index (χ1v) is 5.79. The number of carboxylic acid groups (broad SMARTS) is 1. The second-order valence-corrected chi connectivity index (χ2v) is 4.49. The Morgan fingerprint density at radius 3 is 2.67 bits per heavy atom. The predicted octanol–water partition coefficient (Wildman–Crippen LogP) is 2.20. The van der Waals surface area contributed by atoms with Gasteiger partial charge in [-0.2, -0.15) is 0 Å². The van der Waals surface area contributed by atoms with E-state index in [1.807, 2.05) is 0 Å². The molecule has 0 atom stereocenters. The molecule has 2 aromatic heterocycles. The van der Waals surface area contributed by atoms with Crippen LogP contribution in [0.4, 0.5) is 0 Å². The number of carboxylic acids is 1. The third-order valence-electron chi connectivity index (χ3n) is 2.10. The van der Waals surface area contributed by atoms with Crippen LogP contribution in [0.2, 0.25) is 0 Å². The number of carbonyl (C=O) groups excluding carboxylic acids is 1. The number of aromatic carboxylic acids is 1. The van der Waals surface area contributed by atoms with Crippen LogP contribution in [0.1, 0.15) is 15.4 Å². The minimum atomic E-state index is -0.966. The second kappa shape index (κ2) is 4.89. The van der Waals surface area contributed by atoms with Crippen molar-refractivity contribution in [2.24, 2.45) is 5.73 Å². The van der Waals surface area contributed by atoms with Crippen LogP contribution in [0.15, 0.2) is 34.8 Å². The van der Waals surface area contributed by atoms with Gasteiger partial charge in [-0.15, -0.1) is 11.3 Å². The lowest BCUT2D eigenvalue weighted by Gasteiger charge is -1.89. The topological polar surface area (TPSA) is 93.5 Å². The van der Waals surface area contributed by atoms with E-state index in [9.17, 15) is 9.59 Å². The minimum Gasteiger partial charge on any atom is -0.477 e. The van der Waals surface area contributed by atoms with Crippen molar-refractivity contribution in [3.8, 4) is 10.6 Å². The van der Waals surface area contributed by atoms with E-state index in [0.717, 1.165) is 11.3 Å². The number of primary amides is 1. The molecule has 1 amide bonds. The van der Waals surface area contributed by atoms with E-state index in [0.29, 0.717) is 16.4 Å². The molecule has 2 rings (SSSR count). The Kier molecular flexibility index (Phi) is 3.29. The summed E-state index contributed by atoms with van der Waals surface area (Å²) in [5, 5.41) is 8.81. The molecular weight excluding hydrogens is 254 g/mol. The van der Waals surface area contributed by atoms with Crippen LogP contribution in [0.3, 0.4) is 0 Å². The standard InChI is InChI=1S/C12H9NO4S/c13-11(14)6-2-7-1-3-8(17-7)9-4-5-10(18-9)12(15)16/h1-6H,(H2,13,14)(H,15,16)/b6-2-. The lowest BCUT2D eigenvalue weighted by Crippen LogP contribution is -2.04. The maximum atomic E-state index is 10.7. The summed E-state index contributed by atoms with van der Waals surface area (Å²) in [5.41, 5.74) is 4.96. The monoisotopic (exact) mass is 263 g/mol. The molecule has 0 aromatic carbocycles. The van der Waals surface area contributed by atoms with Crippen LogP contribution in [0.25, 0.3) is 16.7 Å². The lowest BCUT2D eigenvalue weighted by atomic mass is 10.3. The van der Waals surface area contributed by atoms with Gasteiger partial charge in [-0.3, -0.25) is 4.79 Å². The molecule has 0 fully saturated rings. The molecule has 92 valence electrons. The summed E-state index contributed by atoms with van der Waals surface area (Å²) in [5.74, 6) is -0.491. The van der Waals surface area contributed by atoms with Gasteiger partial charge in [0.05, 0.1) is 4.88 Å². The van der Waals surface area contributed by atoms with Crippen molar-refractivity contribution in [1.82, 2.24) is 0 Å². The van der Waals surface area contributed by atoms with Crippen molar-refractivity contribution >= 4 is 29.3 Å². The molecule has 0 unspecified atom stereocenters. The molecule has 0 saturated carbocycles. The quantitative estimate of drug-likeness (QED) is 0.827. The third-order valence-corrected chi connectivity index (χ3v) is 3.19. The van der Waals surface area contributed by atoms with Crippen LogP contribution >= 0.6 is 11.3 Å². The summed E-state index contributed by atoms with van der Waals surface area (Å²) in [6.07, 6.45) is 2.65. The van der Waals surface area contributed by atoms with Gasteiger partial charge < -0.3 is 15.3 Å². The average Bonchev–Trinajstić information content (AvgIpc) is 2.95. The Morgan fingerprint density at radius 1 is 1.28 bits per heavy atom. The largest absolute Gasteiger partial charge is 0.477 e. The summed E-state index contributed by atoms with van der Waals surface area (Å²) in [6, 6.07) is 6.57. The van der Waals surface area contributed by atoms with Crippen molar-refractivity contribution in [3.05, 3.63) is 41.0 Å². The van der Waals surface area contributed by atoms with Gasteiger partial charge in [0.1, 0.15) is 16.4 Å². The van der Waals surface area contributed by atoms with Crippen LogP contribution < -0.4 is 5.73 Å². The van der Waals surface area contributed by atoms with E-state index in [1.54, 1.807) is 18.2 Å². The first-order chi connectivity index (χ1) is 8.56. The highest BCUT2D eigenvalue weighted by Crippen LogP contribution is 2.29. The van der Waals surface area contributed by atoms with Crippen molar-refractivity contribution in [3.63, 3.8) is 0 Å². The van der Waals surface area contributed by atoms with E-state index in [-0.39, 0.29) is 4.88 Å². The van der Waals surface area contributed by atoms with Crippen molar-refractivity contribution in [2.75, 3.05) is 0 Å². The second-order valence-electron chi connectivity index (χ2n) is 3.41. The number of hydrogen-bond acceptors (Lipinski definition) is 4. The zero-order valence-corrected chi connectivity index (χ0v) is 9.94. The number of nitrogens with two attached hydrogens (primary N) is 1. The summed E-state index contributed by atoms with van der Waals surface area (Å²) in [7, 11) is 0. The molecule has 0 bridgehead atoms. The van der Waals surface area contributed by atoms with E-state index < -0.39 is 11.9 Å². The van der Waals surface area contributed by atoms with Gasteiger partial charge in [-0.25, -0.2) is 4.79 Å². The maximum absolute atomic E-state index is 10.7. The molecule has 6 heteroatoms. The highest BCUT2D eigenvalue weighted by molar-refractivity contribution is 7.17. The van der Waals surface area contributed by atoms with E-state index in [2.05, 4.69) is 0 Å². The molecule has 18 heavy (non-hydrogen) atoms. The van der Waals surface area contributed by atoms with Gasteiger partial charge in [0.2, 0.25) is 5.91 Å². The first kappa shape index (κ1) is 12.1. The van der Waals surface area contributed by atoms with E-state index in [4.69, 9.17) is 15.3 Å². The normalized spacial score (nSPS) is 10.9. The fraction of sp³-hybridized carbons (Fsp3) is 0.